The van der Waals surface area contributed by atoms with Gasteiger partial charge in [-0.2, -0.15) is 0 Å². The van der Waals surface area contributed by atoms with Crippen LogP contribution in [0.25, 0.3) is 55.6 Å². The van der Waals surface area contributed by atoms with Crippen molar-refractivity contribution in [3.63, 3.8) is 0 Å². The van der Waals surface area contributed by atoms with E-state index < -0.39 is 5.41 Å². The molecule has 9 aromatic carbocycles. The zero-order valence-corrected chi connectivity index (χ0v) is 39.4. The monoisotopic (exact) mass is 861 g/mol. The lowest BCUT2D eigenvalue weighted by Crippen LogP contribution is -2.34. The minimum Gasteiger partial charge on any atom is -0.310 e. The molecule has 0 fully saturated rings. The molecule has 4 aliphatic carbocycles. The van der Waals surface area contributed by atoms with Crippen molar-refractivity contribution in [1.82, 2.24) is 0 Å². The number of anilines is 3. The van der Waals surface area contributed by atoms with Gasteiger partial charge in [-0.3, -0.25) is 0 Å². The minimum atomic E-state index is -0.500. The molecule has 0 heterocycles. The maximum absolute atomic E-state index is 2.62. The summed E-state index contributed by atoms with van der Waals surface area (Å²) in [5, 5.41) is 0. The second-order valence-corrected chi connectivity index (χ2v) is 21.5. The summed E-state index contributed by atoms with van der Waals surface area (Å²) in [5.74, 6) is 0. The number of para-hydroxylation sites is 1. The van der Waals surface area contributed by atoms with E-state index in [0.29, 0.717) is 0 Å². The quantitative estimate of drug-likeness (QED) is 0.167. The first-order chi connectivity index (χ1) is 32.5. The molecule has 0 unspecified atom stereocenters. The topological polar surface area (TPSA) is 3.24 Å². The first kappa shape index (κ1) is 40.1. The van der Waals surface area contributed by atoms with Crippen molar-refractivity contribution in [3.8, 4) is 55.6 Å². The van der Waals surface area contributed by atoms with Crippen LogP contribution in [-0.4, -0.2) is 0 Å². The Morgan fingerprint density at radius 3 is 1.34 bits per heavy atom. The Balaban J connectivity index is 1.19. The predicted molar refractivity (Wildman–Crippen MR) is 281 cm³/mol. The highest BCUT2D eigenvalue weighted by Crippen LogP contribution is 2.65. The highest BCUT2D eigenvalue weighted by atomic mass is 15.1. The van der Waals surface area contributed by atoms with Crippen LogP contribution in [0.1, 0.15) is 98.9 Å². The van der Waals surface area contributed by atoms with Crippen LogP contribution in [0.5, 0.6) is 0 Å². The molecular weight excluding hydrogens is 807 g/mol. The SMILES string of the molecule is CC1(C)CCC(C)(C)c2cc(-c3cc4c(cc3N(c3ccccc3)c3ccc5c(c3)C(C)(C)c3ccccc3-5)C3(c5ccccc5-c5ccccc53)c3ccccc3-4)c(-c3ccccc3)cc21. The van der Waals surface area contributed by atoms with Crippen molar-refractivity contribution in [1.29, 1.82) is 0 Å². The lowest BCUT2D eigenvalue weighted by molar-refractivity contribution is 0.332. The molecule has 0 amide bonds. The lowest BCUT2D eigenvalue weighted by atomic mass is 9.62. The maximum Gasteiger partial charge on any atom is 0.0726 e. The van der Waals surface area contributed by atoms with Gasteiger partial charge in [-0.1, -0.05) is 193 Å². The number of nitrogens with zero attached hydrogens (tertiary/aromatic N) is 1. The van der Waals surface area contributed by atoms with Gasteiger partial charge in [-0.15, -0.1) is 0 Å². The third kappa shape index (κ3) is 5.55. The van der Waals surface area contributed by atoms with Crippen molar-refractivity contribution in [2.75, 3.05) is 4.90 Å². The van der Waals surface area contributed by atoms with Gasteiger partial charge in [0.2, 0.25) is 0 Å². The molecule has 0 saturated heterocycles. The fourth-order valence-electron chi connectivity index (χ4n) is 13.1. The maximum atomic E-state index is 2.62. The molecule has 67 heavy (non-hydrogen) atoms. The van der Waals surface area contributed by atoms with E-state index in [1.54, 1.807) is 0 Å². The van der Waals surface area contributed by atoms with E-state index in [9.17, 15) is 0 Å². The molecular formula is C66H55N. The van der Waals surface area contributed by atoms with E-state index >= 15 is 0 Å². The van der Waals surface area contributed by atoms with Gasteiger partial charge in [0, 0.05) is 22.4 Å². The minimum absolute atomic E-state index is 0.0132. The summed E-state index contributed by atoms with van der Waals surface area (Å²) < 4.78 is 0. The van der Waals surface area contributed by atoms with Gasteiger partial charge in [0.25, 0.3) is 0 Å². The second-order valence-electron chi connectivity index (χ2n) is 21.5. The average Bonchev–Trinajstić information content (AvgIpc) is 3.91. The van der Waals surface area contributed by atoms with Gasteiger partial charge in [0.15, 0.2) is 0 Å². The fourth-order valence-corrected chi connectivity index (χ4v) is 13.1. The van der Waals surface area contributed by atoms with Crippen LogP contribution >= 0.6 is 0 Å². The first-order valence-corrected chi connectivity index (χ1v) is 24.3. The molecule has 1 heteroatoms. The smallest absolute Gasteiger partial charge is 0.0726 e. The summed E-state index contributed by atoms with van der Waals surface area (Å²) >= 11 is 0. The highest BCUT2D eigenvalue weighted by molar-refractivity contribution is 6.02. The lowest BCUT2D eigenvalue weighted by Gasteiger charge is -2.43. The Morgan fingerprint density at radius 2 is 0.761 bits per heavy atom. The Morgan fingerprint density at radius 1 is 0.299 bits per heavy atom. The molecule has 9 aromatic rings. The van der Waals surface area contributed by atoms with Gasteiger partial charge < -0.3 is 4.90 Å². The summed E-state index contributed by atoms with van der Waals surface area (Å²) in [4.78, 5) is 2.59. The van der Waals surface area contributed by atoms with Crippen molar-refractivity contribution in [2.24, 2.45) is 0 Å². The van der Waals surface area contributed by atoms with Gasteiger partial charge in [0.1, 0.15) is 0 Å². The van der Waals surface area contributed by atoms with Crippen LogP contribution in [0, 0.1) is 0 Å². The fraction of sp³-hybridized carbons (Fsp3) is 0.182. The molecule has 4 aliphatic rings. The summed E-state index contributed by atoms with van der Waals surface area (Å²) in [6.07, 6.45) is 2.30. The number of rotatable bonds is 5. The first-order valence-electron chi connectivity index (χ1n) is 24.3. The van der Waals surface area contributed by atoms with E-state index in [1.807, 2.05) is 0 Å². The largest absolute Gasteiger partial charge is 0.310 e. The molecule has 0 saturated carbocycles. The van der Waals surface area contributed by atoms with Gasteiger partial charge in [-0.25, -0.2) is 0 Å². The molecule has 0 aliphatic heterocycles. The van der Waals surface area contributed by atoms with Crippen molar-refractivity contribution < 1.29 is 0 Å². The van der Waals surface area contributed by atoms with Crippen molar-refractivity contribution >= 4 is 17.1 Å². The summed E-state index contributed by atoms with van der Waals surface area (Å²) in [6.45, 7) is 14.6. The van der Waals surface area contributed by atoms with Crippen LogP contribution in [0.2, 0.25) is 0 Å². The molecule has 0 radical (unpaired) electrons. The highest BCUT2D eigenvalue weighted by Gasteiger charge is 2.52. The van der Waals surface area contributed by atoms with Crippen molar-refractivity contribution in [2.45, 2.75) is 76.0 Å². The molecule has 324 valence electrons. The van der Waals surface area contributed by atoms with Gasteiger partial charge >= 0.3 is 0 Å². The van der Waals surface area contributed by atoms with E-state index in [4.69, 9.17) is 0 Å². The summed E-state index contributed by atoms with van der Waals surface area (Å²) in [5.41, 5.74) is 26.9. The van der Waals surface area contributed by atoms with Gasteiger partial charge in [-0.05, 0) is 167 Å². The third-order valence-corrected chi connectivity index (χ3v) is 16.6. The average molecular weight is 862 g/mol. The Bertz CT molecular complexity index is 3450. The summed E-state index contributed by atoms with van der Waals surface area (Å²) in [7, 11) is 0. The van der Waals surface area contributed by atoms with Crippen LogP contribution in [0.15, 0.2) is 200 Å². The van der Waals surface area contributed by atoms with Crippen LogP contribution in [-0.2, 0) is 21.7 Å². The van der Waals surface area contributed by atoms with Crippen molar-refractivity contribution in [3.05, 3.63) is 245 Å². The van der Waals surface area contributed by atoms with E-state index in [2.05, 4.69) is 247 Å². The van der Waals surface area contributed by atoms with Crippen LogP contribution in [0.4, 0.5) is 17.1 Å². The zero-order valence-electron chi connectivity index (χ0n) is 39.4. The zero-order chi connectivity index (χ0) is 45.5. The van der Waals surface area contributed by atoms with E-state index in [-0.39, 0.29) is 16.2 Å². The van der Waals surface area contributed by atoms with E-state index in [1.165, 1.54) is 106 Å². The molecule has 13 rings (SSSR count). The number of benzene rings is 9. The Hall–Kier alpha value is -7.22. The third-order valence-electron chi connectivity index (χ3n) is 16.6. The second kappa shape index (κ2) is 14.1. The standard InChI is InChI=1S/C66H55N/c1-63(2)35-36-64(3,4)61-40-51(50(39-60(61)63)42-21-9-7-10-22-42)53-38-52-48-28-16-20-32-57(48)66(55-30-18-14-26-46(55)47-27-15-19-31-56(47)66)59(52)41-62(53)67(43-23-11-8-12-24-43)44-33-34-49-45-25-13-17-29-54(45)65(5,6)58(49)37-44/h7-34,37-41H,35-36H2,1-6H3. The Labute approximate surface area is 396 Å². The van der Waals surface area contributed by atoms with Crippen LogP contribution < -0.4 is 4.90 Å². The van der Waals surface area contributed by atoms with Gasteiger partial charge in [0.05, 0.1) is 11.1 Å². The number of hydrogen-bond donors (Lipinski definition) is 0. The molecule has 1 spiro atoms. The van der Waals surface area contributed by atoms with E-state index in [0.717, 1.165) is 24.2 Å². The number of fused-ring (bicyclic) bond motifs is 14. The number of hydrogen-bond acceptors (Lipinski definition) is 1. The molecule has 0 N–H and O–H groups in total. The molecule has 1 nitrogen and oxygen atoms in total. The molecule has 0 bridgehead atoms. The molecule has 0 atom stereocenters. The summed E-state index contributed by atoms with van der Waals surface area (Å²) in [6, 6.07) is 76.6. The normalized spacial score (nSPS) is 16.6. The predicted octanol–water partition coefficient (Wildman–Crippen LogP) is 17.5. The molecule has 0 aromatic heterocycles. The Kier molecular flexibility index (Phi) is 8.46. The van der Waals surface area contributed by atoms with Crippen LogP contribution in [0.3, 0.4) is 0 Å².